The molecular weight excluding hydrogens is 312 g/mol. The number of hydrogen-bond acceptors (Lipinski definition) is 6. The molecule has 6 heteroatoms. The van der Waals surface area contributed by atoms with Crippen molar-refractivity contribution in [2.24, 2.45) is 11.8 Å². The third-order valence-electron chi connectivity index (χ3n) is 4.68. The van der Waals surface area contributed by atoms with E-state index in [0.29, 0.717) is 29.7 Å². The Kier molecular flexibility index (Phi) is 4.34. The first-order valence-electron chi connectivity index (χ1n) is 9.06. The second-order valence-electron chi connectivity index (χ2n) is 7.12. The fourth-order valence-electron chi connectivity index (χ4n) is 2.88. The average Bonchev–Trinajstić information content (AvgIpc) is 3.49. The minimum absolute atomic E-state index is 0.378. The number of aromatic nitrogens is 4. The molecule has 130 valence electrons. The predicted octanol–water partition coefficient (Wildman–Crippen LogP) is 3.87. The molecule has 25 heavy (non-hydrogen) atoms. The highest BCUT2D eigenvalue weighted by atomic mass is 15.2. The molecule has 1 atom stereocenters. The van der Waals surface area contributed by atoms with Gasteiger partial charge in [-0.3, -0.25) is 4.98 Å². The van der Waals surface area contributed by atoms with E-state index < -0.39 is 0 Å². The first-order chi connectivity index (χ1) is 12.2. The lowest BCUT2D eigenvalue weighted by atomic mass is 10.2. The van der Waals surface area contributed by atoms with Crippen molar-refractivity contribution >= 4 is 11.9 Å². The van der Waals surface area contributed by atoms with Gasteiger partial charge < -0.3 is 10.6 Å². The smallest absolute Gasteiger partial charge is 0.232 e. The number of allylic oxidation sites excluding steroid dienone is 2. The van der Waals surface area contributed by atoms with Crippen molar-refractivity contribution in [2.75, 3.05) is 10.6 Å². The van der Waals surface area contributed by atoms with Crippen molar-refractivity contribution < 1.29 is 0 Å². The Bertz CT molecular complexity index is 765. The van der Waals surface area contributed by atoms with E-state index in [9.17, 15) is 0 Å². The van der Waals surface area contributed by atoms with Crippen molar-refractivity contribution in [3.63, 3.8) is 0 Å². The number of nitrogens with one attached hydrogen (secondary N) is 2. The molecule has 2 aliphatic rings. The molecule has 0 aliphatic heterocycles. The third-order valence-corrected chi connectivity index (χ3v) is 4.68. The zero-order chi connectivity index (χ0) is 17.2. The van der Waals surface area contributed by atoms with Crippen molar-refractivity contribution in [1.29, 1.82) is 0 Å². The summed E-state index contributed by atoms with van der Waals surface area (Å²) in [7, 11) is 0. The lowest BCUT2D eigenvalue weighted by Gasteiger charge is -2.15. The minimum Gasteiger partial charge on any atom is -0.351 e. The maximum atomic E-state index is 4.61. The van der Waals surface area contributed by atoms with E-state index >= 15 is 0 Å². The minimum atomic E-state index is 0.378. The molecule has 0 saturated heterocycles. The normalized spacial score (nSPS) is 18.7. The molecule has 0 aromatic carbocycles. The second kappa shape index (κ2) is 6.78. The van der Waals surface area contributed by atoms with Gasteiger partial charge in [0.1, 0.15) is 0 Å². The van der Waals surface area contributed by atoms with Crippen LogP contribution in [0.1, 0.15) is 39.5 Å². The summed E-state index contributed by atoms with van der Waals surface area (Å²) in [4.78, 5) is 17.9. The number of hydrogen-bond donors (Lipinski definition) is 2. The number of pyridine rings is 1. The van der Waals surface area contributed by atoms with Crippen LogP contribution in [0.3, 0.4) is 0 Å². The number of nitrogens with zero attached hydrogens (tertiary/aromatic N) is 4. The lowest BCUT2D eigenvalue weighted by molar-refractivity contribution is 0.685. The van der Waals surface area contributed by atoms with E-state index in [0.717, 1.165) is 17.2 Å². The van der Waals surface area contributed by atoms with Gasteiger partial charge in [-0.1, -0.05) is 6.08 Å². The fraction of sp³-hybridized carbons (Fsp3) is 0.474. The summed E-state index contributed by atoms with van der Waals surface area (Å²) >= 11 is 0. The molecule has 0 unspecified atom stereocenters. The molecule has 2 aromatic heterocycles. The average molecular weight is 336 g/mol. The third kappa shape index (κ3) is 4.32. The van der Waals surface area contributed by atoms with E-state index in [1.54, 1.807) is 12.4 Å². The van der Waals surface area contributed by atoms with Crippen molar-refractivity contribution in [2.45, 2.75) is 45.6 Å². The van der Waals surface area contributed by atoms with Crippen LogP contribution < -0.4 is 10.6 Å². The summed E-state index contributed by atoms with van der Waals surface area (Å²) in [6.07, 6.45) is 10.9. The van der Waals surface area contributed by atoms with Crippen LogP contribution in [0.4, 0.5) is 11.9 Å². The summed E-state index contributed by atoms with van der Waals surface area (Å²) in [5.41, 5.74) is 2.03. The highest BCUT2D eigenvalue weighted by Crippen LogP contribution is 2.34. The standard InChI is InChI=1S/C19H24N6/c1-12(11-14-3-4-14)21-18-23-17(16-7-9-20-10-8-16)24-19(25-18)22-13(2)15-5-6-15/h7-11,13-15H,3-6H2,1-2H3,(H2,21,22,23,24,25)/t13-/m1/s1. The monoisotopic (exact) mass is 336 g/mol. The second-order valence-corrected chi connectivity index (χ2v) is 7.12. The SMILES string of the molecule is CC(=CC1CC1)Nc1nc(N[C@H](C)C2CC2)nc(-c2ccncc2)n1. The van der Waals surface area contributed by atoms with Crippen LogP contribution in [0.2, 0.25) is 0 Å². The van der Waals surface area contributed by atoms with Gasteiger partial charge in [-0.15, -0.1) is 0 Å². The van der Waals surface area contributed by atoms with Crippen LogP contribution in [-0.4, -0.2) is 26.0 Å². The summed E-state index contributed by atoms with van der Waals surface area (Å²) in [5.74, 6) is 3.31. The quantitative estimate of drug-likeness (QED) is 0.799. The summed E-state index contributed by atoms with van der Waals surface area (Å²) in [6, 6.07) is 4.21. The molecular formula is C19H24N6. The van der Waals surface area contributed by atoms with Crippen LogP contribution in [0.5, 0.6) is 0 Å². The van der Waals surface area contributed by atoms with Gasteiger partial charge >= 0.3 is 0 Å². The van der Waals surface area contributed by atoms with Gasteiger partial charge in [-0.05, 0) is 63.5 Å². The fourth-order valence-corrected chi connectivity index (χ4v) is 2.88. The van der Waals surface area contributed by atoms with Gasteiger partial charge in [0, 0.05) is 29.7 Å². The van der Waals surface area contributed by atoms with E-state index in [2.05, 4.69) is 50.5 Å². The molecule has 2 heterocycles. The Hall–Kier alpha value is -2.50. The molecule has 2 aromatic rings. The van der Waals surface area contributed by atoms with Gasteiger partial charge in [-0.2, -0.15) is 15.0 Å². The molecule has 2 aliphatic carbocycles. The lowest BCUT2D eigenvalue weighted by Crippen LogP contribution is -2.20. The van der Waals surface area contributed by atoms with Gasteiger partial charge in [0.2, 0.25) is 11.9 Å². The molecule has 6 nitrogen and oxygen atoms in total. The molecule has 0 radical (unpaired) electrons. The van der Waals surface area contributed by atoms with Crippen LogP contribution >= 0.6 is 0 Å². The van der Waals surface area contributed by atoms with Crippen molar-refractivity contribution in [1.82, 2.24) is 19.9 Å². The van der Waals surface area contributed by atoms with E-state index in [1.807, 2.05) is 12.1 Å². The molecule has 0 spiro atoms. The first kappa shape index (κ1) is 16.0. The molecule has 2 N–H and O–H groups in total. The molecule has 0 amide bonds. The largest absolute Gasteiger partial charge is 0.351 e. The highest BCUT2D eigenvalue weighted by molar-refractivity contribution is 5.57. The molecule has 0 bridgehead atoms. The van der Waals surface area contributed by atoms with Gasteiger partial charge in [0.05, 0.1) is 0 Å². The molecule has 4 rings (SSSR count). The Morgan fingerprint density at radius 2 is 1.80 bits per heavy atom. The summed E-state index contributed by atoms with van der Waals surface area (Å²) < 4.78 is 0. The Morgan fingerprint density at radius 3 is 2.48 bits per heavy atom. The van der Waals surface area contributed by atoms with Gasteiger partial charge in [-0.25, -0.2) is 0 Å². The first-order valence-corrected chi connectivity index (χ1v) is 9.06. The highest BCUT2D eigenvalue weighted by Gasteiger charge is 2.28. The van der Waals surface area contributed by atoms with Gasteiger partial charge in [0.15, 0.2) is 5.82 Å². The molecule has 2 saturated carbocycles. The zero-order valence-corrected chi connectivity index (χ0v) is 14.7. The van der Waals surface area contributed by atoms with Crippen LogP contribution in [0.25, 0.3) is 11.4 Å². The Balaban J connectivity index is 1.61. The summed E-state index contributed by atoms with van der Waals surface area (Å²) in [6.45, 7) is 4.26. The Labute approximate surface area is 148 Å². The van der Waals surface area contributed by atoms with Crippen molar-refractivity contribution in [3.05, 3.63) is 36.3 Å². The van der Waals surface area contributed by atoms with Crippen LogP contribution in [0, 0.1) is 11.8 Å². The van der Waals surface area contributed by atoms with E-state index in [-0.39, 0.29) is 0 Å². The predicted molar refractivity (Wildman–Crippen MR) is 99.0 cm³/mol. The zero-order valence-electron chi connectivity index (χ0n) is 14.7. The molecule has 2 fully saturated rings. The van der Waals surface area contributed by atoms with Crippen LogP contribution in [-0.2, 0) is 0 Å². The maximum absolute atomic E-state index is 4.61. The van der Waals surface area contributed by atoms with Crippen LogP contribution in [0.15, 0.2) is 36.3 Å². The van der Waals surface area contributed by atoms with E-state index in [1.165, 1.54) is 25.7 Å². The van der Waals surface area contributed by atoms with Crippen molar-refractivity contribution in [3.8, 4) is 11.4 Å². The van der Waals surface area contributed by atoms with E-state index in [4.69, 9.17) is 0 Å². The number of anilines is 2. The Morgan fingerprint density at radius 1 is 1.08 bits per heavy atom. The number of rotatable bonds is 7. The maximum Gasteiger partial charge on any atom is 0.232 e. The topological polar surface area (TPSA) is 75.6 Å². The van der Waals surface area contributed by atoms with Gasteiger partial charge in [0.25, 0.3) is 0 Å². The summed E-state index contributed by atoms with van der Waals surface area (Å²) in [5, 5.41) is 6.77.